The number of benzene rings is 1. The van der Waals surface area contributed by atoms with E-state index in [-0.39, 0.29) is 35.0 Å². The molecule has 2 aliphatic carbocycles. The van der Waals surface area contributed by atoms with Crippen LogP contribution in [0.25, 0.3) is 0 Å². The molecule has 1 atom stereocenters. The van der Waals surface area contributed by atoms with Crippen LogP contribution in [0.1, 0.15) is 70.3 Å². The first kappa shape index (κ1) is 23.3. The number of urea groups is 1. The largest absolute Gasteiger partial charge is 0.342 e. The molecular formula is C27H36FN3O3. The van der Waals surface area contributed by atoms with Crippen LogP contribution < -0.4 is 5.32 Å². The molecule has 1 N–H and O–H groups in total. The Balaban J connectivity index is 1.35. The lowest BCUT2D eigenvalue weighted by atomic mass is 9.72. The second-order valence-corrected chi connectivity index (χ2v) is 11.3. The van der Waals surface area contributed by atoms with E-state index < -0.39 is 5.54 Å². The second-order valence-electron chi connectivity index (χ2n) is 11.3. The van der Waals surface area contributed by atoms with Gasteiger partial charge in [0.1, 0.15) is 11.4 Å². The Bertz CT molecular complexity index is 946. The summed E-state index contributed by atoms with van der Waals surface area (Å²) < 4.78 is 13.5. The summed E-state index contributed by atoms with van der Waals surface area (Å²) >= 11 is 0. The number of carbonyl (C=O) groups is 3. The molecule has 6 nitrogen and oxygen atoms in total. The smallest absolute Gasteiger partial charge is 0.325 e. The number of carbonyl (C=O) groups excluding carboxylic acids is 3. The van der Waals surface area contributed by atoms with Crippen molar-refractivity contribution in [1.29, 1.82) is 0 Å². The van der Waals surface area contributed by atoms with E-state index in [2.05, 4.69) is 12.2 Å². The monoisotopic (exact) mass is 469 g/mol. The molecule has 2 saturated heterocycles. The van der Waals surface area contributed by atoms with E-state index in [1.54, 1.807) is 12.1 Å². The fourth-order valence-corrected chi connectivity index (χ4v) is 6.34. The number of nitrogens with zero attached hydrogens (tertiary/aromatic N) is 2. The molecule has 7 heteroatoms. The standard InChI is InChI=1S/C27H36FN3O3/c1-26(13-3-2-4-14-26)23(32)30-15-11-21(12-16-30)27(17-19-7-9-22(28)10-8-19)24(33)31(25(34)29-27)18-20-5-6-20/h7-10,20-21H,2-6,11-18H2,1H3,(H,29,34)/t27-/m0/s1. The van der Waals surface area contributed by atoms with E-state index in [0.29, 0.717) is 44.8 Å². The molecule has 4 aliphatic rings. The van der Waals surface area contributed by atoms with Gasteiger partial charge < -0.3 is 10.2 Å². The number of hydrogen-bond acceptors (Lipinski definition) is 3. The van der Waals surface area contributed by atoms with Gasteiger partial charge in [-0.1, -0.05) is 38.3 Å². The van der Waals surface area contributed by atoms with E-state index in [1.165, 1.54) is 23.5 Å². The first-order chi connectivity index (χ1) is 16.3. The van der Waals surface area contributed by atoms with Crippen molar-refractivity contribution in [2.75, 3.05) is 19.6 Å². The first-order valence-corrected chi connectivity index (χ1v) is 13.0. The zero-order valence-corrected chi connectivity index (χ0v) is 20.2. The SMILES string of the molecule is CC1(C(=O)N2CCC([C@]3(Cc4ccc(F)cc4)NC(=O)N(CC4CC4)C3=O)CC2)CCCCC1. The predicted octanol–water partition coefficient (Wildman–Crippen LogP) is 4.28. The Labute approximate surface area is 201 Å². The van der Waals surface area contributed by atoms with Crippen molar-refractivity contribution in [2.24, 2.45) is 17.3 Å². The molecule has 0 spiro atoms. The third kappa shape index (κ3) is 4.34. The van der Waals surface area contributed by atoms with E-state index in [0.717, 1.165) is 44.1 Å². The zero-order chi connectivity index (χ0) is 23.9. The highest BCUT2D eigenvalue weighted by molar-refractivity contribution is 6.07. The van der Waals surface area contributed by atoms with Gasteiger partial charge in [-0.05, 0) is 68.1 Å². The molecule has 2 heterocycles. The number of nitrogens with one attached hydrogen (secondary N) is 1. The normalized spacial score (nSPS) is 27.7. The molecule has 0 bridgehead atoms. The average molecular weight is 470 g/mol. The summed E-state index contributed by atoms with van der Waals surface area (Å²) in [5.41, 5.74) is -0.472. The van der Waals surface area contributed by atoms with E-state index in [1.807, 2.05) is 4.90 Å². The third-order valence-corrected chi connectivity index (χ3v) is 8.69. The van der Waals surface area contributed by atoms with Crippen LogP contribution in [-0.4, -0.2) is 52.8 Å². The fourth-order valence-electron chi connectivity index (χ4n) is 6.34. The quantitative estimate of drug-likeness (QED) is 0.633. The molecule has 0 aromatic heterocycles. The maximum absolute atomic E-state index is 13.8. The topological polar surface area (TPSA) is 69.7 Å². The molecule has 4 amide bonds. The first-order valence-electron chi connectivity index (χ1n) is 13.0. The van der Waals surface area contributed by atoms with E-state index in [4.69, 9.17) is 0 Å². The maximum atomic E-state index is 13.8. The summed E-state index contributed by atoms with van der Waals surface area (Å²) in [6.45, 7) is 3.80. The van der Waals surface area contributed by atoms with Gasteiger partial charge in [-0.3, -0.25) is 14.5 Å². The van der Waals surface area contributed by atoms with Gasteiger partial charge in [-0.15, -0.1) is 0 Å². The van der Waals surface area contributed by atoms with Crippen LogP contribution in [0, 0.1) is 23.1 Å². The number of imide groups is 1. The fraction of sp³-hybridized carbons (Fsp3) is 0.667. The lowest BCUT2D eigenvalue weighted by Gasteiger charge is -2.44. The van der Waals surface area contributed by atoms with Gasteiger partial charge in [0, 0.05) is 31.5 Å². The number of likely N-dealkylation sites (tertiary alicyclic amines) is 1. The minimum absolute atomic E-state index is 0.0681. The van der Waals surface area contributed by atoms with Gasteiger partial charge in [0.15, 0.2) is 0 Å². The Kier molecular flexibility index (Phi) is 6.15. The van der Waals surface area contributed by atoms with Gasteiger partial charge >= 0.3 is 6.03 Å². The second kappa shape index (κ2) is 8.97. The van der Waals surface area contributed by atoms with Crippen molar-refractivity contribution in [3.63, 3.8) is 0 Å². The summed E-state index contributed by atoms with van der Waals surface area (Å²) in [5.74, 6) is 0.111. The Morgan fingerprint density at radius 1 is 1.03 bits per heavy atom. The summed E-state index contributed by atoms with van der Waals surface area (Å²) in [6.07, 6.45) is 9.12. The van der Waals surface area contributed by atoms with Gasteiger partial charge in [0.05, 0.1) is 0 Å². The third-order valence-electron chi connectivity index (χ3n) is 8.69. The van der Waals surface area contributed by atoms with Crippen LogP contribution in [0.5, 0.6) is 0 Å². The van der Waals surface area contributed by atoms with Crippen LogP contribution in [0.15, 0.2) is 24.3 Å². The molecular weight excluding hydrogens is 433 g/mol. The summed E-state index contributed by atoms with van der Waals surface area (Å²) in [5, 5.41) is 3.09. The van der Waals surface area contributed by atoms with Gasteiger partial charge in [0.25, 0.3) is 5.91 Å². The van der Waals surface area contributed by atoms with Crippen molar-refractivity contribution >= 4 is 17.8 Å². The minimum Gasteiger partial charge on any atom is -0.342 e. The number of hydrogen-bond donors (Lipinski definition) is 1. The molecule has 2 saturated carbocycles. The lowest BCUT2D eigenvalue weighted by molar-refractivity contribution is -0.145. The van der Waals surface area contributed by atoms with Gasteiger partial charge in [-0.25, -0.2) is 9.18 Å². The number of halogens is 1. The van der Waals surface area contributed by atoms with Crippen LogP contribution in [0.3, 0.4) is 0 Å². The molecule has 4 fully saturated rings. The maximum Gasteiger partial charge on any atom is 0.325 e. The van der Waals surface area contributed by atoms with Crippen LogP contribution in [0.2, 0.25) is 0 Å². The average Bonchev–Trinajstić information content (AvgIpc) is 3.63. The predicted molar refractivity (Wildman–Crippen MR) is 126 cm³/mol. The van der Waals surface area contributed by atoms with Crippen LogP contribution in [-0.2, 0) is 16.0 Å². The van der Waals surface area contributed by atoms with E-state index in [9.17, 15) is 18.8 Å². The molecule has 0 radical (unpaired) electrons. The Hall–Kier alpha value is -2.44. The molecule has 2 aliphatic heterocycles. The summed E-state index contributed by atoms with van der Waals surface area (Å²) in [7, 11) is 0. The summed E-state index contributed by atoms with van der Waals surface area (Å²) in [4.78, 5) is 43.4. The molecule has 184 valence electrons. The molecule has 1 aromatic rings. The lowest BCUT2D eigenvalue weighted by Crippen LogP contribution is -2.58. The van der Waals surface area contributed by atoms with Crippen LogP contribution >= 0.6 is 0 Å². The Morgan fingerprint density at radius 2 is 1.68 bits per heavy atom. The Morgan fingerprint density at radius 3 is 2.29 bits per heavy atom. The highest BCUT2D eigenvalue weighted by Gasteiger charge is 2.56. The number of rotatable bonds is 6. The van der Waals surface area contributed by atoms with Crippen molar-refractivity contribution in [3.8, 4) is 0 Å². The van der Waals surface area contributed by atoms with Crippen molar-refractivity contribution in [1.82, 2.24) is 15.1 Å². The highest BCUT2D eigenvalue weighted by Crippen LogP contribution is 2.41. The number of amides is 4. The van der Waals surface area contributed by atoms with Crippen molar-refractivity contribution in [3.05, 3.63) is 35.6 Å². The number of piperidine rings is 1. The molecule has 5 rings (SSSR count). The van der Waals surface area contributed by atoms with Gasteiger partial charge in [0.2, 0.25) is 5.91 Å². The van der Waals surface area contributed by atoms with Crippen molar-refractivity contribution in [2.45, 2.75) is 76.7 Å². The van der Waals surface area contributed by atoms with Gasteiger partial charge in [-0.2, -0.15) is 0 Å². The van der Waals surface area contributed by atoms with E-state index >= 15 is 0 Å². The van der Waals surface area contributed by atoms with Crippen molar-refractivity contribution < 1.29 is 18.8 Å². The minimum atomic E-state index is -1.03. The molecule has 1 aromatic carbocycles. The highest BCUT2D eigenvalue weighted by atomic mass is 19.1. The summed E-state index contributed by atoms with van der Waals surface area (Å²) in [6, 6.07) is 5.88. The molecule has 0 unspecified atom stereocenters. The zero-order valence-electron chi connectivity index (χ0n) is 20.2. The molecule has 34 heavy (non-hydrogen) atoms. The van der Waals surface area contributed by atoms with Crippen LogP contribution in [0.4, 0.5) is 9.18 Å².